The Kier molecular flexibility index (Phi) is 7.56. The third-order valence-electron chi connectivity index (χ3n) is 6.45. The zero-order valence-electron chi connectivity index (χ0n) is 22.4. The minimum Gasteiger partial charge on any atom is -0.476 e. The Morgan fingerprint density at radius 3 is 2.61 bits per heavy atom. The van der Waals surface area contributed by atoms with Crippen molar-refractivity contribution in [3.8, 4) is 17.3 Å². The number of nitro benzene ring substituents is 1. The van der Waals surface area contributed by atoms with Crippen LogP contribution in [-0.2, 0) is 4.79 Å². The molecule has 218 valence electrons. The van der Waals surface area contributed by atoms with E-state index in [4.69, 9.17) is 20.8 Å². The minimum atomic E-state index is -0.722. The fourth-order valence-electron chi connectivity index (χ4n) is 4.46. The lowest BCUT2D eigenvalue weighted by Gasteiger charge is -2.11. The third kappa shape index (κ3) is 5.74. The number of ether oxygens (including phenoxy) is 1. The number of nitrogens with zero attached hydrogens (tertiary/aromatic N) is 4. The first-order valence-corrected chi connectivity index (χ1v) is 13.4. The molecule has 1 N–H and O–H groups in total. The quantitative estimate of drug-likeness (QED) is 0.119. The molecule has 0 bridgehead atoms. The number of anilines is 1. The SMILES string of the molecule is O=C(COc1c(C=Nn2c(-c3cc4ccccc4o3)nc3ccccc3c2=O)cc(Cl)cc1[N+](=O)[O-])Nc1ccc(F)cc1. The Hall–Kier alpha value is -5.88. The molecule has 0 unspecified atom stereocenters. The number of amides is 1. The van der Waals surface area contributed by atoms with Gasteiger partial charge in [0.15, 0.2) is 12.4 Å². The Bertz CT molecular complexity index is 2130. The van der Waals surface area contributed by atoms with Gasteiger partial charge in [-0.05, 0) is 54.6 Å². The van der Waals surface area contributed by atoms with Crippen LogP contribution in [0.5, 0.6) is 5.75 Å². The molecule has 13 heteroatoms. The molecular weight excluding hydrogens is 593 g/mol. The second kappa shape index (κ2) is 11.8. The van der Waals surface area contributed by atoms with Gasteiger partial charge in [-0.2, -0.15) is 9.78 Å². The molecule has 0 fully saturated rings. The third-order valence-corrected chi connectivity index (χ3v) is 6.67. The summed E-state index contributed by atoms with van der Waals surface area (Å²) in [5.41, 5.74) is 0.229. The van der Waals surface area contributed by atoms with E-state index < -0.39 is 34.5 Å². The van der Waals surface area contributed by atoms with Crippen LogP contribution >= 0.6 is 11.6 Å². The monoisotopic (exact) mass is 611 g/mol. The summed E-state index contributed by atoms with van der Waals surface area (Å²) in [6.45, 7) is -0.637. The second-order valence-electron chi connectivity index (χ2n) is 9.41. The average Bonchev–Trinajstić information content (AvgIpc) is 3.45. The van der Waals surface area contributed by atoms with Crippen LogP contribution < -0.4 is 15.6 Å². The number of benzene rings is 4. The molecule has 2 aromatic heterocycles. The Labute approximate surface area is 251 Å². The normalized spacial score (nSPS) is 11.3. The maximum Gasteiger partial charge on any atom is 0.313 e. The number of para-hydroxylation sites is 2. The van der Waals surface area contributed by atoms with Gasteiger partial charge in [0.25, 0.3) is 11.5 Å². The lowest BCUT2D eigenvalue weighted by Crippen LogP contribution is -2.21. The summed E-state index contributed by atoms with van der Waals surface area (Å²) in [5, 5.41) is 19.8. The predicted octanol–water partition coefficient (Wildman–Crippen LogP) is 6.41. The Morgan fingerprint density at radius 1 is 1.09 bits per heavy atom. The number of aromatic nitrogens is 2. The number of furan rings is 1. The van der Waals surface area contributed by atoms with Crippen LogP contribution in [0, 0.1) is 15.9 Å². The molecular formula is C31H19ClFN5O6. The fraction of sp³-hybridized carbons (Fsp3) is 0.0323. The minimum absolute atomic E-state index is 0.00870. The number of nitrogens with one attached hydrogen (secondary N) is 1. The lowest BCUT2D eigenvalue weighted by molar-refractivity contribution is -0.385. The molecule has 0 spiro atoms. The molecule has 0 saturated heterocycles. The molecule has 0 radical (unpaired) electrons. The lowest BCUT2D eigenvalue weighted by atomic mass is 10.2. The zero-order chi connectivity index (χ0) is 30.8. The molecule has 0 aliphatic carbocycles. The first kappa shape index (κ1) is 28.2. The van der Waals surface area contributed by atoms with E-state index >= 15 is 0 Å². The van der Waals surface area contributed by atoms with E-state index in [1.165, 1.54) is 18.2 Å². The van der Waals surface area contributed by atoms with Gasteiger partial charge in [0.2, 0.25) is 11.6 Å². The molecule has 1 amide bonds. The summed E-state index contributed by atoms with van der Waals surface area (Å²) in [6.07, 6.45) is 1.15. The molecule has 0 saturated carbocycles. The number of hydrogen-bond donors (Lipinski definition) is 1. The highest BCUT2D eigenvalue weighted by atomic mass is 35.5. The Balaban J connectivity index is 1.41. The van der Waals surface area contributed by atoms with E-state index in [0.717, 1.165) is 34.5 Å². The van der Waals surface area contributed by atoms with E-state index in [2.05, 4.69) is 15.4 Å². The largest absolute Gasteiger partial charge is 0.476 e. The number of halogens is 2. The number of fused-ring (bicyclic) bond motifs is 2. The number of carbonyl (C=O) groups is 1. The first-order chi connectivity index (χ1) is 21.3. The van der Waals surface area contributed by atoms with Gasteiger partial charge in [-0.25, -0.2) is 9.37 Å². The number of nitro groups is 1. The average molecular weight is 612 g/mol. The van der Waals surface area contributed by atoms with Gasteiger partial charge in [0, 0.05) is 27.7 Å². The van der Waals surface area contributed by atoms with E-state index in [9.17, 15) is 24.1 Å². The van der Waals surface area contributed by atoms with Crippen molar-refractivity contribution >= 4 is 57.0 Å². The second-order valence-corrected chi connectivity index (χ2v) is 9.84. The zero-order valence-corrected chi connectivity index (χ0v) is 23.2. The smallest absolute Gasteiger partial charge is 0.313 e. The molecule has 0 atom stereocenters. The molecule has 4 aromatic carbocycles. The summed E-state index contributed by atoms with van der Waals surface area (Å²) in [4.78, 5) is 41.9. The van der Waals surface area contributed by atoms with Gasteiger partial charge in [0.05, 0.1) is 22.0 Å². The summed E-state index contributed by atoms with van der Waals surface area (Å²) < 4.78 is 25.8. The highest BCUT2D eigenvalue weighted by Crippen LogP contribution is 2.34. The molecule has 44 heavy (non-hydrogen) atoms. The molecule has 0 aliphatic rings. The van der Waals surface area contributed by atoms with E-state index in [1.54, 1.807) is 36.4 Å². The summed E-state index contributed by atoms with van der Waals surface area (Å²) >= 11 is 6.18. The van der Waals surface area contributed by atoms with Gasteiger partial charge >= 0.3 is 5.69 Å². The van der Waals surface area contributed by atoms with Crippen molar-refractivity contribution in [2.75, 3.05) is 11.9 Å². The van der Waals surface area contributed by atoms with Crippen LogP contribution in [0.25, 0.3) is 33.5 Å². The van der Waals surface area contributed by atoms with Crippen LogP contribution in [0.15, 0.2) is 105 Å². The fourth-order valence-corrected chi connectivity index (χ4v) is 4.68. The van der Waals surface area contributed by atoms with Crippen LogP contribution in [-0.4, -0.2) is 33.3 Å². The van der Waals surface area contributed by atoms with Crippen LogP contribution in [0.2, 0.25) is 5.02 Å². The highest BCUT2D eigenvalue weighted by molar-refractivity contribution is 6.31. The topological polar surface area (TPSA) is 142 Å². The van der Waals surface area contributed by atoms with Gasteiger partial charge in [-0.15, -0.1) is 0 Å². The standard InChI is InChI=1S/C31H19ClFN5O6/c32-20-13-19(29(25(15-20)38(41)42)43-17-28(39)35-22-11-9-21(33)10-12-22)16-34-37-30(27-14-18-5-1-4-8-26(18)44-27)36-24-7-3-2-6-23(24)31(37)40/h1-16H,17H2,(H,35,39). The number of hydrogen-bond acceptors (Lipinski definition) is 8. The van der Waals surface area contributed by atoms with Crippen LogP contribution in [0.3, 0.4) is 0 Å². The maximum atomic E-state index is 13.6. The van der Waals surface area contributed by atoms with Crippen molar-refractivity contribution in [2.45, 2.75) is 0 Å². The van der Waals surface area contributed by atoms with Gasteiger partial charge in [-0.3, -0.25) is 19.7 Å². The summed E-state index contributed by atoms with van der Waals surface area (Å²) in [7, 11) is 0. The first-order valence-electron chi connectivity index (χ1n) is 13.0. The molecule has 6 rings (SSSR count). The maximum absolute atomic E-state index is 13.6. The van der Waals surface area contributed by atoms with Crippen LogP contribution in [0.1, 0.15) is 5.56 Å². The molecule has 2 heterocycles. The number of carbonyl (C=O) groups excluding carboxylic acids is 1. The molecule has 0 aliphatic heterocycles. The van der Waals surface area contributed by atoms with Crippen molar-refractivity contribution < 1.29 is 23.3 Å². The molecule has 6 aromatic rings. The van der Waals surface area contributed by atoms with E-state index in [1.807, 2.05) is 18.2 Å². The summed E-state index contributed by atoms with van der Waals surface area (Å²) in [6, 6.07) is 23.1. The summed E-state index contributed by atoms with van der Waals surface area (Å²) in [5.74, 6) is -1.12. The highest BCUT2D eigenvalue weighted by Gasteiger charge is 2.22. The van der Waals surface area contributed by atoms with Crippen molar-refractivity contribution in [3.05, 3.63) is 128 Å². The van der Waals surface area contributed by atoms with Crippen molar-refractivity contribution in [1.82, 2.24) is 9.66 Å². The van der Waals surface area contributed by atoms with Crippen molar-refractivity contribution in [2.24, 2.45) is 5.10 Å². The van der Waals surface area contributed by atoms with E-state index in [-0.39, 0.29) is 33.3 Å². The predicted molar refractivity (Wildman–Crippen MR) is 163 cm³/mol. The van der Waals surface area contributed by atoms with E-state index in [0.29, 0.717) is 16.8 Å². The molecule has 11 nitrogen and oxygen atoms in total. The van der Waals surface area contributed by atoms with Gasteiger partial charge in [-0.1, -0.05) is 41.9 Å². The van der Waals surface area contributed by atoms with Gasteiger partial charge < -0.3 is 14.5 Å². The Morgan fingerprint density at radius 2 is 1.84 bits per heavy atom. The van der Waals surface area contributed by atoms with Crippen LogP contribution in [0.4, 0.5) is 15.8 Å². The van der Waals surface area contributed by atoms with Crippen molar-refractivity contribution in [3.63, 3.8) is 0 Å². The van der Waals surface area contributed by atoms with Gasteiger partial charge in [0.1, 0.15) is 11.4 Å². The number of rotatable bonds is 8. The van der Waals surface area contributed by atoms with Crippen molar-refractivity contribution in [1.29, 1.82) is 0 Å².